The zero-order valence-corrected chi connectivity index (χ0v) is 11.1. The van der Waals surface area contributed by atoms with E-state index >= 15 is 0 Å². The summed E-state index contributed by atoms with van der Waals surface area (Å²) in [5.41, 5.74) is -0.762. The maximum absolute atomic E-state index is 11.5. The fourth-order valence-electron chi connectivity index (χ4n) is 2.40. The number of tetrazole rings is 1. The number of hydrogen-bond acceptors (Lipinski definition) is 4. The van der Waals surface area contributed by atoms with E-state index in [1.165, 1.54) is 0 Å². The van der Waals surface area contributed by atoms with Gasteiger partial charge in [0.25, 0.3) is 0 Å². The zero-order chi connectivity index (χ0) is 13.3. The lowest BCUT2D eigenvalue weighted by Gasteiger charge is -2.26. The van der Waals surface area contributed by atoms with Crippen LogP contribution in [0.4, 0.5) is 0 Å². The first-order valence-corrected chi connectivity index (χ1v) is 6.53. The first-order chi connectivity index (χ1) is 8.54. The molecule has 1 aliphatic carbocycles. The molecular formula is C12H20N4O2. The second kappa shape index (κ2) is 4.66. The second-order valence-electron chi connectivity index (χ2n) is 5.31. The molecule has 0 radical (unpaired) electrons. The quantitative estimate of drug-likeness (QED) is 0.833. The summed E-state index contributed by atoms with van der Waals surface area (Å²) in [6, 6.07) is 0. The van der Waals surface area contributed by atoms with Crippen molar-refractivity contribution in [1.82, 2.24) is 20.2 Å². The summed E-state index contributed by atoms with van der Waals surface area (Å²) in [7, 11) is 0. The third kappa shape index (κ3) is 2.11. The molecule has 2 atom stereocenters. The van der Waals surface area contributed by atoms with Crippen LogP contribution in [0.3, 0.4) is 0 Å². The molecule has 18 heavy (non-hydrogen) atoms. The van der Waals surface area contributed by atoms with Gasteiger partial charge in [-0.25, -0.2) is 4.68 Å². The molecule has 0 aliphatic heterocycles. The molecule has 1 saturated carbocycles. The van der Waals surface area contributed by atoms with Crippen LogP contribution in [0.1, 0.15) is 51.8 Å². The monoisotopic (exact) mass is 252 g/mol. The highest BCUT2D eigenvalue weighted by Crippen LogP contribution is 2.46. The predicted octanol–water partition coefficient (Wildman–Crippen LogP) is 1.69. The largest absolute Gasteiger partial charge is 0.481 e. The third-order valence-electron chi connectivity index (χ3n) is 4.26. The predicted molar refractivity (Wildman–Crippen MR) is 65.0 cm³/mol. The molecule has 0 amide bonds. The highest BCUT2D eigenvalue weighted by atomic mass is 16.4. The van der Waals surface area contributed by atoms with Crippen molar-refractivity contribution in [2.24, 2.45) is 11.3 Å². The van der Waals surface area contributed by atoms with Crippen molar-refractivity contribution >= 4 is 5.97 Å². The lowest BCUT2D eigenvalue weighted by molar-refractivity contribution is -0.150. The van der Waals surface area contributed by atoms with Gasteiger partial charge in [0.2, 0.25) is 0 Å². The van der Waals surface area contributed by atoms with Crippen molar-refractivity contribution in [2.75, 3.05) is 0 Å². The van der Waals surface area contributed by atoms with Gasteiger partial charge in [0.05, 0.1) is 12.0 Å². The summed E-state index contributed by atoms with van der Waals surface area (Å²) in [4.78, 5) is 11.5. The summed E-state index contributed by atoms with van der Waals surface area (Å²) < 4.78 is 1.69. The van der Waals surface area contributed by atoms with Crippen molar-refractivity contribution < 1.29 is 9.90 Å². The van der Waals surface area contributed by atoms with Crippen LogP contribution in [0.15, 0.2) is 0 Å². The van der Waals surface area contributed by atoms with E-state index in [1.807, 2.05) is 13.8 Å². The number of carbonyl (C=O) groups is 1. The van der Waals surface area contributed by atoms with Crippen LogP contribution >= 0.6 is 0 Å². The molecule has 100 valence electrons. The van der Waals surface area contributed by atoms with E-state index in [1.54, 1.807) is 4.68 Å². The second-order valence-corrected chi connectivity index (χ2v) is 5.31. The zero-order valence-electron chi connectivity index (χ0n) is 11.1. The molecule has 0 aromatic carbocycles. The molecule has 2 unspecified atom stereocenters. The van der Waals surface area contributed by atoms with Crippen molar-refractivity contribution in [3.05, 3.63) is 5.82 Å². The van der Waals surface area contributed by atoms with Crippen LogP contribution in [-0.4, -0.2) is 31.3 Å². The number of aromatic nitrogens is 4. The van der Waals surface area contributed by atoms with E-state index in [-0.39, 0.29) is 0 Å². The summed E-state index contributed by atoms with van der Waals surface area (Å²) in [5.74, 6) is 1.09. The molecule has 1 aromatic rings. The Hall–Kier alpha value is -1.46. The number of rotatable bonds is 6. The number of carboxylic acid groups (broad SMARTS) is 1. The molecule has 0 spiro atoms. The Morgan fingerprint density at radius 1 is 1.50 bits per heavy atom. The standard InChI is InChI=1S/C12H20N4O2/c1-4-12(5-2,11(17)18)7-16-10(13-14-15-16)9-6-8(9)3/h8-9H,4-7H2,1-3H3,(H,17,18). The lowest BCUT2D eigenvalue weighted by atomic mass is 9.82. The molecule has 6 nitrogen and oxygen atoms in total. The molecule has 1 fully saturated rings. The van der Waals surface area contributed by atoms with Crippen LogP contribution in [0.2, 0.25) is 0 Å². The molecule has 6 heteroatoms. The van der Waals surface area contributed by atoms with Crippen molar-refractivity contribution in [3.63, 3.8) is 0 Å². The van der Waals surface area contributed by atoms with Crippen molar-refractivity contribution in [1.29, 1.82) is 0 Å². The third-order valence-corrected chi connectivity index (χ3v) is 4.26. The van der Waals surface area contributed by atoms with Crippen LogP contribution < -0.4 is 0 Å². The first kappa shape index (κ1) is 13.0. The van der Waals surface area contributed by atoms with Crippen molar-refractivity contribution in [2.45, 2.75) is 52.5 Å². The van der Waals surface area contributed by atoms with Crippen LogP contribution in [0.25, 0.3) is 0 Å². The van der Waals surface area contributed by atoms with Crippen molar-refractivity contribution in [3.8, 4) is 0 Å². The van der Waals surface area contributed by atoms with Crippen LogP contribution in [0, 0.1) is 11.3 Å². The van der Waals surface area contributed by atoms with Gasteiger partial charge < -0.3 is 5.11 Å². The van der Waals surface area contributed by atoms with E-state index in [0.29, 0.717) is 31.2 Å². The molecule has 2 rings (SSSR count). The normalized spacial score (nSPS) is 23.1. The SMILES string of the molecule is CCC(CC)(Cn1nnnc1C1CC1C)C(=O)O. The highest BCUT2D eigenvalue weighted by Gasteiger charge is 2.41. The van der Waals surface area contributed by atoms with Gasteiger partial charge in [-0.2, -0.15) is 0 Å². The average Bonchev–Trinajstić information content (AvgIpc) is 2.90. The van der Waals surface area contributed by atoms with Gasteiger partial charge in [-0.15, -0.1) is 5.10 Å². The Labute approximate surface area is 106 Å². The molecule has 0 bridgehead atoms. The topological polar surface area (TPSA) is 80.9 Å². The Morgan fingerprint density at radius 3 is 2.56 bits per heavy atom. The number of carboxylic acids is 1. The average molecular weight is 252 g/mol. The minimum absolute atomic E-state index is 0.362. The first-order valence-electron chi connectivity index (χ1n) is 6.53. The Bertz CT molecular complexity index is 439. The molecule has 1 aliphatic rings. The van der Waals surface area contributed by atoms with Gasteiger partial charge in [-0.1, -0.05) is 20.8 Å². The number of aliphatic carboxylic acids is 1. The van der Waals surface area contributed by atoms with Gasteiger partial charge in [-0.05, 0) is 35.6 Å². The Balaban J connectivity index is 2.22. The summed E-state index contributed by atoms with van der Waals surface area (Å²) in [6.45, 7) is 6.33. The highest BCUT2D eigenvalue weighted by molar-refractivity contribution is 5.74. The van der Waals surface area contributed by atoms with E-state index in [9.17, 15) is 9.90 Å². The van der Waals surface area contributed by atoms with Gasteiger partial charge >= 0.3 is 5.97 Å². The lowest BCUT2D eigenvalue weighted by Crippen LogP contribution is -2.35. The van der Waals surface area contributed by atoms with E-state index < -0.39 is 11.4 Å². The molecule has 0 saturated heterocycles. The minimum atomic E-state index is -0.766. The molecule has 1 heterocycles. The summed E-state index contributed by atoms with van der Waals surface area (Å²) in [5, 5.41) is 21.2. The number of hydrogen-bond donors (Lipinski definition) is 1. The maximum Gasteiger partial charge on any atom is 0.311 e. The smallest absolute Gasteiger partial charge is 0.311 e. The minimum Gasteiger partial charge on any atom is -0.481 e. The van der Waals surface area contributed by atoms with E-state index in [2.05, 4.69) is 22.4 Å². The Morgan fingerprint density at radius 2 is 2.11 bits per heavy atom. The van der Waals surface area contributed by atoms with Gasteiger partial charge in [0.1, 0.15) is 0 Å². The summed E-state index contributed by atoms with van der Waals surface area (Å²) >= 11 is 0. The van der Waals surface area contributed by atoms with Gasteiger partial charge in [0, 0.05) is 5.92 Å². The Kier molecular flexibility index (Phi) is 3.36. The van der Waals surface area contributed by atoms with Crippen LogP contribution in [0.5, 0.6) is 0 Å². The number of nitrogens with zero attached hydrogens (tertiary/aromatic N) is 4. The van der Waals surface area contributed by atoms with Crippen LogP contribution in [-0.2, 0) is 11.3 Å². The maximum atomic E-state index is 11.5. The molecular weight excluding hydrogens is 232 g/mol. The molecule has 1 N–H and O–H groups in total. The van der Waals surface area contributed by atoms with Gasteiger partial charge in [0.15, 0.2) is 5.82 Å². The van der Waals surface area contributed by atoms with E-state index in [0.717, 1.165) is 12.2 Å². The fraction of sp³-hybridized carbons (Fsp3) is 0.833. The van der Waals surface area contributed by atoms with Gasteiger partial charge in [-0.3, -0.25) is 4.79 Å². The van der Waals surface area contributed by atoms with E-state index in [4.69, 9.17) is 0 Å². The summed E-state index contributed by atoms with van der Waals surface area (Å²) in [6.07, 6.45) is 2.26. The molecule has 1 aromatic heterocycles. The fourth-order valence-corrected chi connectivity index (χ4v) is 2.40.